The summed E-state index contributed by atoms with van der Waals surface area (Å²) >= 11 is 0. The number of phenolic OH excluding ortho intramolecular Hbond substituents is 1. The average molecular weight is 437 g/mol. The summed E-state index contributed by atoms with van der Waals surface area (Å²) in [7, 11) is -4.07. The Kier molecular flexibility index (Phi) is 4.90. The molecule has 1 aromatic heterocycles. The minimum absolute atomic E-state index is 0.0119. The Morgan fingerprint density at radius 2 is 1.74 bits per heavy atom. The Labute approximate surface area is 178 Å². The van der Waals surface area contributed by atoms with Crippen molar-refractivity contribution in [1.29, 1.82) is 0 Å². The lowest BCUT2D eigenvalue weighted by Gasteiger charge is -2.14. The van der Waals surface area contributed by atoms with Crippen molar-refractivity contribution in [2.24, 2.45) is 0 Å². The molecule has 0 aliphatic carbocycles. The molecular weight excluding hydrogens is 418 g/mol. The van der Waals surface area contributed by atoms with Gasteiger partial charge in [-0.15, -0.1) is 0 Å². The fourth-order valence-electron chi connectivity index (χ4n) is 3.58. The smallest absolute Gasteiger partial charge is 0.270 e. The van der Waals surface area contributed by atoms with Gasteiger partial charge in [0.2, 0.25) is 0 Å². The van der Waals surface area contributed by atoms with Gasteiger partial charge in [-0.2, -0.15) is 0 Å². The summed E-state index contributed by atoms with van der Waals surface area (Å²) in [6.07, 6.45) is 0. The molecule has 8 nitrogen and oxygen atoms in total. The molecule has 0 aliphatic rings. The second-order valence-electron chi connectivity index (χ2n) is 7.13. The van der Waals surface area contributed by atoms with Crippen molar-refractivity contribution >= 4 is 32.3 Å². The molecule has 9 heteroatoms. The monoisotopic (exact) mass is 437 g/mol. The fourth-order valence-corrected chi connectivity index (χ4v) is 4.67. The lowest BCUT2D eigenvalue weighted by atomic mass is 10.2. The molecule has 0 saturated carbocycles. The molecule has 2 N–H and O–H groups in total. The summed E-state index contributed by atoms with van der Waals surface area (Å²) in [6.45, 7) is 3.91. The maximum Gasteiger partial charge on any atom is 0.270 e. The molecule has 1 heterocycles. The second kappa shape index (κ2) is 7.44. The number of para-hydroxylation sites is 1. The Morgan fingerprint density at radius 1 is 1.00 bits per heavy atom. The molecule has 0 spiro atoms. The van der Waals surface area contributed by atoms with Crippen molar-refractivity contribution in [3.05, 3.63) is 88.1 Å². The molecule has 0 saturated heterocycles. The number of nitrogens with one attached hydrogen (secondary N) is 1. The molecule has 0 unspecified atom stereocenters. The molecule has 3 aromatic carbocycles. The Hall–Kier alpha value is -3.85. The number of nitro groups is 1. The van der Waals surface area contributed by atoms with Crippen LogP contribution in [0.25, 0.3) is 16.6 Å². The van der Waals surface area contributed by atoms with E-state index in [-0.39, 0.29) is 22.0 Å². The van der Waals surface area contributed by atoms with Crippen LogP contribution in [0.1, 0.15) is 11.3 Å². The van der Waals surface area contributed by atoms with Crippen molar-refractivity contribution in [3.63, 3.8) is 0 Å². The molecule has 0 bridgehead atoms. The van der Waals surface area contributed by atoms with Gasteiger partial charge in [0, 0.05) is 23.2 Å². The van der Waals surface area contributed by atoms with Crippen LogP contribution >= 0.6 is 0 Å². The van der Waals surface area contributed by atoms with Gasteiger partial charge in [0.25, 0.3) is 15.7 Å². The van der Waals surface area contributed by atoms with Crippen LogP contribution in [0.2, 0.25) is 0 Å². The maximum atomic E-state index is 12.8. The highest BCUT2D eigenvalue weighted by Gasteiger charge is 2.20. The molecule has 0 fully saturated rings. The molecular formula is C22H19N3O5S. The largest absolute Gasteiger partial charge is 0.506 e. The number of non-ortho nitro benzene ring substituents is 1. The van der Waals surface area contributed by atoms with Gasteiger partial charge in [0.15, 0.2) is 0 Å². The number of hydrogen-bond acceptors (Lipinski definition) is 5. The molecule has 31 heavy (non-hydrogen) atoms. The fraction of sp³-hybridized carbons (Fsp3) is 0.0909. The molecule has 0 atom stereocenters. The van der Waals surface area contributed by atoms with Crippen molar-refractivity contribution < 1.29 is 18.4 Å². The molecule has 0 amide bonds. The van der Waals surface area contributed by atoms with E-state index in [0.29, 0.717) is 5.69 Å². The highest BCUT2D eigenvalue weighted by atomic mass is 32.2. The van der Waals surface area contributed by atoms with Gasteiger partial charge in [-0.05, 0) is 49.7 Å². The van der Waals surface area contributed by atoms with Crippen LogP contribution in [0.3, 0.4) is 0 Å². The number of hydrogen-bond donors (Lipinski definition) is 2. The number of phenols is 1. The number of aromatic nitrogens is 1. The zero-order valence-electron chi connectivity index (χ0n) is 16.7. The minimum atomic E-state index is -4.07. The highest BCUT2D eigenvalue weighted by Crippen LogP contribution is 2.34. The van der Waals surface area contributed by atoms with Gasteiger partial charge in [-0.25, -0.2) is 8.42 Å². The number of nitro benzene ring substituents is 1. The van der Waals surface area contributed by atoms with Crippen LogP contribution in [0, 0.1) is 24.0 Å². The van der Waals surface area contributed by atoms with E-state index in [0.717, 1.165) is 28.2 Å². The van der Waals surface area contributed by atoms with Gasteiger partial charge in [0.1, 0.15) is 5.75 Å². The predicted octanol–water partition coefficient (Wildman–Crippen LogP) is 4.66. The van der Waals surface area contributed by atoms with E-state index in [2.05, 4.69) is 4.72 Å². The third-order valence-corrected chi connectivity index (χ3v) is 6.61. The number of aryl methyl sites for hydroxylation is 1. The Morgan fingerprint density at radius 3 is 2.48 bits per heavy atom. The lowest BCUT2D eigenvalue weighted by Crippen LogP contribution is -2.13. The zero-order chi connectivity index (χ0) is 22.3. The van der Waals surface area contributed by atoms with E-state index in [4.69, 9.17) is 0 Å². The van der Waals surface area contributed by atoms with Gasteiger partial charge in [-0.1, -0.05) is 24.3 Å². The van der Waals surface area contributed by atoms with Crippen molar-refractivity contribution in [1.82, 2.24) is 4.57 Å². The van der Waals surface area contributed by atoms with E-state index >= 15 is 0 Å². The van der Waals surface area contributed by atoms with E-state index in [1.807, 2.05) is 42.7 Å². The van der Waals surface area contributed by atoms with Crippen LogP contribution in [0.15, 0.2) is 71.6 Å². The molecule has 4 aromatic rings. The summed E-state index contributed by atoms with van der Waals surface area (Å²) < 4.78 is 29.9. The first-order valence-corrected chi connectivity index (χ1v) is 10.8. The normalized spacial score (nSPS) is 11.5. The quantitative estimate of drug-likeness (QED) is 0.268. The highest BCUT2D eigenvalue weighted by molar-refractivity contribution is 7.92. The Balaban J connectivity index is 1.79. The third kappa shape index (κ3) is 3.59. The van der Waals surface area contributed by atoms with Crippen molar-refractivity contribution in [2.75, 3.05) is 4.72 Å². The molecule has 0 aliphatic heterocycles. The van der Waals surface area contributed by atoms with Crippen LogP contribution in [0.5, 0.6) is 5.75 Å². The minimum Gasteiger partial charge on any atom is -0.506 e. The molecule has 158 valence electrons. The first kappa shape index (κ1) is 20.4. The summed E-state index contributed by atoms with van der Waals surface area (Å²) in [4.78, 5) is 10.1. The first-order valence-electron chi connectivity index (χ1n) is 9.36. The van der Waals surface area contributed by atoms with Crippen molar-refractivity contribution in [2.45, 2.75) is 18.7 Å². The number of fused-ring (bicyclic) bond motifs is 1. The molecule has 4 rings (SSSR count). The number of anilines is 1. The summed E-state index contributed by atoms with van der Waals surface area (Å²) in [5.41, 5.74) is 3.16. The van der Waals surface area contributed by atoms with E-state index in [1.54, 1.807) is 0 Å². The number of rotatable bonds is 5. The number of sulfonamides is 1. The van der Waals surface area contributed by atoms with Gasteiger partial charge >= 0.3 is 0 Å². The first-order chi connectivity index (χ1) is 14.7. The third-order valence-electron chi connectivity index (χ3n) is 5.23. The summed E-state index contributed by atoms with van der Waals surface area (Å²) in [6, 6.07) is 16.9. The Bertz CT molecular complexity index is 1440. The van der Waals surface area contributed by atoms with Gasteiger partial charge in [-0.3, -0.25) is 14.8 Å². The number of nitrogens with zero attached hydrogens (tertiary/aromatic N) is 2. The standard InChI is InChI=1S/C22H19N3O5S/c1-14-15(2)24(20-9-4-3-8-19(14)20)21-12-16(10-11-22(21)26)23-31(29,30)18-7-5-6-17(13-18)25(27)28/h3-13,23,26H,1-2H3. The van der Waals surface area contributed by atoms with E-state index in [9.17, 15) is 23.6 Å². The van der Waals surface area contributed by atoms with Crippen LogP contribution in [-0.4, -0.2) is 23.0 Å². The zero-order valence-corrected chi connectivity index (χ0v) is 17.6. The van der Waals surface area contributed by atoms with Crippen LogP contribution in [-0.2, 0) is 10.0 Å². The lowest BCUT2D eigenvalue weighted by molar-refractivity contribution is -0.385. The van der Waals surface area contributed by atoms with Gasteiger partial charge < -0.3 is 9.67 Å². The van der Waals surface area contributed by atoms with E-state index < -0.39 is 14.9 Å². The predicted molar refractivity (Wildman–Crippen MR) is 118 cm³/mol. The van der Waals surface area contributed by atoms with Crippen LogP contribution < -0.4 is 4.72 Å². The maximum absolute atomic E-state index is 12.8. The SMILES string of the molecule is Cc1c(C)n(-c2cc(NS(=O)(=O)c3cccc([N+](=O)[O-])c3)ccc2O)c2ccccc12. The summed E-state index contributed by atoms with van der Waals surface area (Å²) in [5.74, 6) is -0.0119. The second-order valence-corrected chi connectivity index (χ2v) is 8.81. The number of aromatic hydroxyl groups is 1. The average Bonchev–Trinajstić information content (AvgIpc) is 3.00. The van der Waals surface area contributed by atoms with Crippen molar-refractivity contribution in [3.8, 4) is 11.4 Å². The van der Waals surface area contributed by atoms with E-state index in [1.165, 1.54) is 36.4 Å². The summed E-state index contributed by atoms with van der Waals surface area (Å²) in [5, 5.41) is 22.5. The number of benzene rings is 3. The van der Waals surface area contributed by atoms with Crippen LogP contribution in [0.4, 0.5) is 11.4 Å². The van der Waals surface area contributed by atoms with Gasteiger partial charge in [0.05, 0.1) is 26.7 Å². The molecule has 0 radical (unpaired) electrons. The topological polar surface area (TPSA) is 114 Å².